The molecular weight excluding hydrogens is 558 g/mol. The van der Waals surface area contributed by atoms with E-state index in [1.807, 2.05) is 0 Å². The molecule has 0 aliphatic heterocycles. The van der Waals surface area contributed by atoms with E-state index in [1.54, 1.807) is 31.2 Å². The summed E-state index contributed by atoms with van der Waals surface area (Å²) < 4.78 is 42.3. The van der Waals surface area contributed by atoms with Crippen molar-refractivity contribution >= 4 is 35.6 Å². The first-order valence-electron chi connectivity index (χ1n) is 10.6. The molecule has 4 aromatic rings. The minimum atomic E-state index is -4.93. The van der Waals surface area contributed by atoms with Crippen molar-refractivity contribution in [3.8, 4) is 17.1 Å². The maximum absolute atomic E-state index is 13.1. The van der Waals surface area contributed by atoms with Crippen LogP contribution in [0.2, 0.25) is 10.0 Å². The summed E-state index contributed by atoms with van der Waals surface area (Å²) in [7, 11) is 0. The van der Waals surface area contributed by atoms with Crippen LogP contribution in [0.25, 0.3) is 17.1 Å². The van der Waals surface area contributed by atoms with Crippen molar-refractivity contribution in [2.45, 2.75) is 38.3 Å². The predicted octanol–water partition coefficient (Wildman–Crippen LogP) is 4.01. The van der Waals surface area contributed by atoms with E-state index in [1.165, 1.54) is 28.9 Å². The van der Waals surface area contributed by atoms with Gasteiger partial charge in [0.05, 0.1) is 18.3 Å². The van der Waals surface area contributed by atoms with Gasteiger partial charge in [0.25, 0.3) is 0 Å². The Kier molecular flexibility index (Phi) is 8.70. The molecule has 0 radical (unpaired) electrons. The summed E-state index contributed by atoms with van der Waals surface area (Å²) in [6.07, 6.45) is -7.70. The van der Waals surface area contributed by atoms with Gasteiger partial charge in [-0.2, -0.15) is 13.2 Å². The molecule has 0 fully saturated rings. The maximum Gasteiger partial charge on any atom is 0.416 e. The minimum absolute atomic E-state index is 0. The highest BCUT2D eigenvalue weighted by molar-refractivity contribution is 6.31. The van der Waals surface area contributed by atoms with Crippen molar-refractivity contribution < 1.29 is 18.3 Å². The van der Waals surface area contributed by atoms with E-state index in [-0.39, 0.29) is 30.6 Å². The third-order valence-corrected chi connectivity index (χ3v) is 5.67. The highest BCUT2D eigenvalue weighted by Gasteiger charge is 2.39. The lowest BCUT2D eigenvalue weighted by Crippen LogP contribution is -2.37. The third kappa shape index (κ3) is 6.33. The van der Waals surface area contributed by atoms with Crippen LogP contribution in [0, 0.1) is 0 Å². The molecule has 9 nitrogen and oxygen atoms in total. The molecule has 4 rings (SSSR count). The van der Waals surface area contributed by atoms with Crippen LogP contribution in [0.1, 0.15) is 24.6 Å². The number of aromatic nitrogens is 6. The quantitative estimate of drug-likeness (QED) is 0.342. The van der Waals surface area contributed by atoms with Gasteiger partial charge in [-0.05, 0) is 49.4 Å². The second-order valence-electron chi connectivity index (χ2n) is 8.01. The zero-order chi connectivity index (χ0) is 26.2. The summed E-state index contributed by atoms with van der Waals surface area (Å²) in [6, 6.07) is 12.3. The summed E-state index contributed by atoms with van der Waals surface area (Å²) in [4.78, 5) is 17.5. The van der Waals surface area contributed by atoms with Gasteiger partial charge in [-0.25, -0.2) is 19.1 Å². The molecule has 0 bridgehead atoms. The van der Waals surface area contributed by atoms with Gasteiger partial charge in [-0.1, -0.05) is 29.3 Å². The van der Waals surface area contributed by atoms with Crippen molar-refractivity contribution in [2.75, 3.05) is 0 Å². The Hall–Kier alpha value is -2.90. The number of rotatable bonds is 7. The molecule has 37 heavy (non-hydrogen) atoms. The maximum atomic E-state index is 13.1. The van der Waals surface area contributed by atoms with Crippen molar-refractivity contribution in [2.24, 2.45) is 5.73 Å². The van der Waals surface area contributed by atoms with E-state index in [4.69, 9.17) is 28.9 Å². The molecule has 198 valence electrons. The Labute approximate surface area is 224 Å². The molecule has 3 N–H and O–H groups in total. The number of nitrogens with two attached hydrogens (primary N) is 1. The van der Waals surface area contributed by atoms with Crippen LogP contribution in [-0.4, -0.2) is 46.5 Å². The van der Waals surface area contributed by atoms with Crippen LogP contribution in [0.5, 0.6) is 0 Å². The minimum Gasteiger partial charge on any atom is -0.382 e. The Morgan fingerprint density at radius 1 is 1.08 bits per heavy atom. The Morgan fingerprint density at radius 2 is 1.76 bits per heavy atom. The lowest BCUT2D eigenvalue weighted by atomic mass is 10.2. The van der Waals surface area contributed by atoms with Gasteiger partial charge in [0, 0.05) is 15.6 Å². The first-order chi connectivity index (χ1) is 16.9. The molecule has 0 unspecified atom stereocenters. The van der Waals surface area contributed by atoms with Crippen LogP contribution in [-0.2, 0) is 13.1 Å². The topological polar surface area (TPSA) is 117 Å². The fourth-order valence-electron chi connectivity index (χ4n) is 3.46. The average molecular weight is 579 g/mol. The summed E-state index contributed by atoms with van der Waals surface area (Å²) in [5, 5.41) is 19.1. The molecule has 2 atom stereocenters. The zero-order valence-electron chi connectivity index (χ0n) is 19.1. The first kappa shape index (κ1) is 28.7. The van der Waals surface area contributed by atoms with Crippen LogP contribution >= 0.6 is 35.6 Å². The summed E-state index contributed by atoms with van der Waals surface area (Å²) in [5.41, 5.74) is 6.08. The van der Waals surface area contributed by atoms with E-state index in [2.05, 4.69) is 15.2 Å². The lowest BCUT2D eigenvalue weighted by molar-refractivity contribution is -0.207. The number of hydrogen-bond donors (Lipinski definition) is 2. The van der Waals surface area contributed by atoms with Crippen molar-refractivity contribution in [3.63, 3.8) is 0 Å². The molecule has 2 heterocycles. The molecular formula is C22H21Cl3F3N7O2. The lowest BCUT2D eigenvalue weighted by Gasteiger charge is -2.15. The van der Waals surface area contributed by atoms with Crippen molar-refractivity contribution in [1.29, 1.82) is 0 Å². The standard InChI is InChI=1S/C22H20Cl2F3N7O2.ClH/c1-12(28)19-29-18(30-34(19)16-4-2-3-15(24)9-16)11-33-21(36)32(10-17(35)22(25,26)27)20(31-33)13-5-7-14(23)8-6-13;/h2-9,12,17,35H,10-11,28H2,1H3;1H/t12-,17-;/m0./s1. The number of alkyl halides is 3. The third-order valence-electron chi connectivity index (χ3n) is 5.19. The van der Waals surface area contributed by atoms with Crippen molar-refractivity contribution in [3.05, 3.63) is 80.7 Å². The normalized spacial score (nSPS) is 13.3. The van der Waals surface area contributed by atoms with Gasteiger partial charge in [0.15, 0.2) is 17.8 Å². The Morgan fingerprint density at radius 3 is 2.35 bits per heavy atom. The smallest absolute Gasteiger partial charge is 0.382 e. The van der Waals surface area contributed by atoms with Gasteiger partial charge in [-0.3, -0.25) is 4.57 Å². The first-order valence-corrected chi connectivity index (χ1v) is 11.4. The SMILES string of the molecule is C[C@H](N)c1nc(Cn2nc(-c3ccc(Cl)cc3)n(C[C@H](O)C(F)(F)F)c2=O)nn1-c1cccc(Cl)c1.Cl. The number of hydrogen-bond acceptors (Lipinski definition) is 6. The van der Waals surface area contributed by atoms with E-state index in [0.717, 1.165) is 9.25 Å². The molecule has 0 spiro atoms. The van der Waals surface area contributed by atoms with Gasteiger partial charge in [0.1, 0.15) is 12.4 Å². The second-order valence-corrected chi connectivity index (χ2v) is 8.88. The monoisotopic (exact) mass is 577 g/mol. The summed E-state index contributed by atoms with van der Waals surface area (Å²) >= 11 is 12.0. The van der Waals surface area contributed by atoms with E-state index in [9.17, 15) is 23.1 Å². The second kappa shape index (κ2) is 11.2. The highest BCUT2D eigenvalue weighted by Crippen LogP contribution is 2.24. The van der Waals surface area contributed by atoms with Gasteiger partial charge >= 0.3 is 11.9 Å². The predicted molar refractivity (Wildman–Crippen MR) is 134 cm³/mol. The van der Waals surface area contributed by atoms with Gasteiger partial charge in [-0.15, -0.1) is 22.6 Å². The molecule has 0 aliphatic rings. The summed E-state index contributed by atoms with van der Waals surface area (Å²) in [6.45, 7) is 0.393. The van der Waals surface area contributed by atoms with Crippen LogP contribution in [0.4, 0.5) is 13.2 Å². The van der Waals surface area contributed by atoms with Crippen LogP contribution in [0.3, 0.4) is 0 Å². The van der Waals surface area contributed by atoms with Gasteiger partial charge < -0.3 is 10.8 Å². The van der Waals surface area contributed by atoms with E-state index < -0.39 is 30.6 Å². The number of aliphatic hydroxyl groups is 1. The number of aliphatic hydroxyl groups excluding tert-OH is 1. The molecule has 0 aliphatic carbocycles. The van der Waals surface area contributed by atoms with Gasteiger partial charge in [0.2, 0.25) is 0 Å². The number of nitrogens with zero attached hydrogens (tertiary/aromatic N) is 6. The largest absolute Gasteiger partial charge is 0.416 e. The van der Waals surface area contributed by atoms with Crippen LogP contribution in [0.15, 0.2) is 53.3 Å². The highest BCUT2D eigenvalue weighted by atomic mass is 35.5. The van der Waals surface area contributed by atoms with E-state index >= 15 is 0 Å². The summed E-state index contributed by atoms with van der Waals surface area (Å²) in [5.74, 6) is 0.444. The van der Waals surface area contributed by atoms with Crippen LogP contribution < -0.4 is 11.4 Å². The zero-order valence-corrected chi connectivity index (χ0v) is 21.4. The Bertz CT molecular complexity index is 1430. The molecule has 0 amide bonds. The average Bonchev–Trinajstić information content (AvgIpc) is 3.36. The Balaban J connectivity index is 0.00000380. The number of benzene rings is 2. The molecule has 2 aromatic carbocycles. The fourth-order valence-corrected chi connectivity index (χ4v) is 3.77. The van der Waals surface area contributed by atoms with E-state index in [0.29, 0.717) is 27.1 Å². The molecule has 2 aromatic heterocycles. The van der Waals surface area contributed by atoms with Crippen molar-refractivity contribution in [1.82, 2.24) is 29.1 Å². The molecule has 15 heteroatoms. The fraction of sp³-hybridized carbons (Fsp3) is 0.273. The number of halogens is 6. The molecule has 0 saturated heterocycles. The molecule has 0 saturated carbocycles.